The van der Waals surface area contributed by atoms with E-state index in [1.54, 1.807) is 19.2 Å². The van der Waals surface area contributed by atoms with Crippen LogP contribution in [-0.2, 0) is 19.5 Å². The second-order valence-electron chi connectivity index (χ2n) is 5.42. The van der Waals surface area contributed by atoms with E-state index in [1.165, 1.54) is 12.1 Å². The lowest BCUT2D eigenvalue weighted by atomic mass is 10.2. The van der Waals surface area contributed by atoms with Crippen LogP contribution in [-0.4, -0.2) is 36.7 Å². The number of rotatable bonds is 7. The molecular formula is C17H22F2N4O2. The van der Waals surface area contributed by atoms with E-state index in [-0.39, 0.29) is 5.75 Å². The van der Waals surface area contributed by atoms with Gasteiger partial charge in [0.1, 0.15) is 5.75 Å². The van der Waals surface area contributed by atoms with Crippen molar-refractivity contribution in [1.82, 2.24) is 15.4 Å². The maximum absolute atomic E-state index is 12.2. The smallest absolute Gasteiger partial charge is 0.387 e. The van der Waals surface area contributed by atoms with Gasteiger partial charge in [0.15, 0.2) is 11.7 Å². The minimum Gasteiger partial charge on any atom is -0.435 e. The van der Waals surface area contributed by atoms with Crippen LogP contribution < -0.4 is 10.1 Å². The number of benzene rings is 1. The highest BCUT2D eigenvalue weighted by atomic mass is 19.3. The third kappa shape index (κ3) is 5.74. The quantitative estimate of drug-likeness (QED) is 0.613. The molecule has 136 valence electrons. The van der Waals surface area contributed by atoms with Crippen molar-refractivity contribution < 1.29 is 18.0 Å². The van der Waals surface area contributed by atoms with Gasteiger partial charge in [0.05, 0.1) is 12.2 Å². The first-order chi connectivity index (χ1) is 12.0. The molecule has 0 saturated heterocycles. The van der Waals surface area contributed by atoms with Crippen molar-refractivity contribution in [2.75, 3.05) is 14.1 Å². The third-order valence-corrected chi connectivity index (χ3v) is 3.53. The number of aromatic nitrogens is 1. The highest BCUT2D eigenvalue weighted by Crippen LogP contribution is 2.15. The number of aliphatic imine (C=N–C) groups is 1. The fourth-order valence-electron chi connectivity index (χ4n) is 2.28. The summed E-state index contributed by atoms with van der Waals surface area (Å²) < 4.78 is 33.9. The zero-order chi connectivity index (χ0) is 18.2. The Labute approximate surface area is 145 Å². The Morgan fingerprint density at radius 3 is 2.64 bits per heavy atom. The number of halogens is 2. The summed E-state index contributed by atoms with van der Waals surface area (Å²) in [6, 6.07) is 8.43. The third-order valence-electron chi connectivity index (χ3n) is 3.53. The van der Waals surface area contributed by atoms with Gasteiger partial charge in [-0.25, -0.2) is 0 Å². The van der Waals surface area contributed by atoms with Crippen molar-refractivity contribution in [1.29, 1.82) is 0 Å². The number of aryl methyl sites for hydroxylation is 1. The lowest BCUT2D eigenvalue weighted by molar-refractivity contribution is -0.0498. The van der Waals surface area contributed by atoms with E-state index in [1.807, 2.05) is 24.9 Å². The second kappa shape index (κ2) is 9.00. The molecule has 0 radical (unpaired) electrons. The monoisotopic (exact) mass is 352 g/mol. The minimum absolute atomic E-state index is 0.140. The highest BCUT2D eigenvalue weighted by molar-refractivity contribution is 5.79. The molecule has 0 amide bonds. The van der Waals surface area contributed by atoms with Crippen LogP contribution in [0.1, 0.15) is 23.9 Å². The molecule has 0 fully saturated rings. The standard InChI is InChI=1S/C17H22F2N4O2/c1-4-13-9-15(25-22-13)10-21-17(20-2)23(3)11-12-5-7-14(8-6-12)24-16(18)19/h5-9,16H,4,10-11H2,1-3H3,(H,20,21). The molecular weight excluding hydrogens is 330 g/mol. The molecule has 1 N–H and O–H groups in total. The molecule has 1 heterocycles. The molecule has 0 aliphatic heterocycles. The first-order valence-corrected chi connectivity index (χ1v) is 7.91. The molecule has 0 spiro atoms. The summed E-state index contributed by atoms with van der Waals surface area (Å²) >= 11 is 0. The molecule has 0 aliphatic carbocycles. The lowest BCUT2D eigenvalue weighted by Gasteiger charge is -2.21. The van der Waals surface area contributed by atoms with Crippen molar-refractivity contribution in [2.24, 2.45) is 4.99 Å². The number of alkyl halides is 2. The first-order valence-electron chi connectivity index (χ1n) is 7.91. The Morgan fingerprint density at radius 1 is 1.36 bits per heavy atom. The van der Waals surface area contributed by atoms with Crippen LogP contribution in [0.3, 0.4) is 0 Å². The average Bonchev–Trinajstić information content (AvgIpc) is 3.05. The number of ether oxygens (including phenoxy) is 1. The Kier molecular flexibility index (Phi) is 6.73. The molecule has 2 aromatic rings. The average molecular weight is 352 g/mol. The topological polar surface area (TPSA) is 62.9 Å². The fourth-order valence-corrected chi connectivity index (χ4v) is 2.28. The largest absolute Gasteiger partial charge is 0.435 e. The molecule has 0 atom stereocenters. The van der Waals surface area contributed by atoms with E-state index in [0.29, 0.717) is 19.0 Å². The maximum atomic E-state index is 12.2. The molecule has 1 aromatic heterocycles. The summed E-state index contributed by atoms with van der Waals surface area (Å²) in [6.07, 6.45) is 0.823. The highest BCUT2D eigenvalue weighted by Gasteiger charge is 2.10. The Hall–Kier alpha value is -2.64. The van der Waals surface area contributed by atoms with Crippen molar-refractivity contribution in [3.05, 3.63) is 47.3 Å². The number of nitrogens with one attached hydrogen (secondary N) is 1. The molecule has 25 heavy (non-hydrogen) atoms. The van der Waals surface area contributed by atoms with Crippen molar-refractivity contribution in [3.63, 3.8) is 0 Å². The molecule has 8 heteroatoms. The van der Waals surface area contributed by atoms with Crippen LogP contribution >= 0.6 is 0 Å². The van der Waals surface area contributed by atoms with Crippen molar-refractivity contribution in [3.8, 4) is 5.75 Å². The molecule has 0 bridgehead atoms. The summed E-state index contributed by atoms with van der Waals surface area (Å²) in [4.78, 5) is 6.15. The van der Waals surface area contributed by atoms with Crippen molar-refractivity contribution >= 4 is 5.96 Å². The van der Waals surface area contributed by atoms with Gasteiger partial charge in [-0.1, -0.05) is 24.2 Å². The van der Waals surface area contributed by atoms with E-state index < -0.39 is 6.61 Å². The molecule has 0 aliphatic rings. The molecule has 1 aromatic carbocycles. The van der Waals surface area contributed by atoms with Gasteiger partial charge in [-0.15, -0.1) is 0 Å². The zero-order valence-electron chi connectivity index (χ0n) is 14.5. The van der Waals surface area contributed by atoms with Crippen LogP contribution in [0.4, 0.5) is 8.78 Å². The van der Waals surface area contributed by atoms with Gasteiger partial charge in [-0.05, 0) is 24.1 Å². The van der Waals surface area contributed by atoms with Crippen LogP contribution in [0, 0.1) is 0 Å². The number of hydrogen-bond donors (Lipinski definition) is 1. The van der Waals surface area contributed by atoms with E-state index in [9.17, 15) is 8.78 Å². The summed E-state index contributed by atoms with van der Waals surface area (Å²) in [7, 11) is 3.58. The van der Waals surface area contributed by atoms with Crippen LogP contribution in [0.5, 0.6) is 5.75 Å². The van der Waals surface area contributed by atoms with Gasteiger partial charge in [0.2, 0.25) is 0 Å². The second-order valence-corrected chi connectivity index (χ2v) is 5.42. The molecule has 0 saturated carbocycles. The van der Waals surface area contributed by atoms with Gasteiger partial charge in [-0.3, -0.25) is 4.99 Å². The van der Waals surface area contributed by atoms with E-state index >= 15 is 0 Å². The van der Waals surface area contributed by atoms with Gasteiger partial charge in [0.25, 0.3) is 0 Å². The van der Waals surface area contributed by atoms with Gasteiger partial charge in [-0.2, -0.15) is 8.78 Å². The normalized spacial score (nSPS) is 11.7. The van der Waals surface area contributed by atoms with Gasteiger partial charge < -0.3 is 19.5 Å². The van der Waals surface area contributed by atoms with Crippen LogP contribution in [0.25, 0.3) is 0 Å². The predicted octanol–water partition coefficient (Wildman–Crippen LogP) is 3.05. The molecule has 6 nitrogen and oxygen atoms in total. The maximum Gasteiger partial charge on any atom is 0.387 e. The van der Waals surface area contributed by atoms with Crippen LogP contribution in [0.2, 0.25) is 0 Å². The van der Waals surface area contributed by atoms with Gasteiger partial charge >= 0.3 is 6.61 Å². The number of hydrogen-bond acceptors (Lipinski definition) is 4. The summed E-state index contributed by atoms with van der Waals surface area (Å²) in [6.45, 7) is 0.233. The number of nitrogens with zero attached hydrogens (tertiary/aromatic N) is 3. The zero-order valence-corrected chi connectivity index (χ0v) is 14.5. The Balaban J connectivity index is 1.89. The Bertz CT molecular complexity index is 686. The van der Waals surface area contributed by atoms with E-state index in [0.717, 1.165) is 23.4 Å². The van der Waals surface area contributed by atoms with Crippen molar-refractivity contribution in [2.45, 2.75) is 33.0 Å². The minimum atomic E-state index is -2.82. The Morgan fingerprint density at radius 2 is 2.08 bits per heavy atom. The lowest BCUT2D eigenvalue weighted by Crippen LogP contribution is -2.37. The fraction of sp³-hybridized carbons (Fsp3) is 0.412. The molecule has 2 rings (SSSR count). The number of guanidine groups is 1. The first kappa shape index (κ1) is 18.7. The summed E-state index contributed by atoms with van der Waals surface area (Å²) in [5, 5.41) is 7.14. The molecule has 0 unspecified atom stereocenters. The van der Waals surface area contributed by atoms with Crippen LogP contribution in [0.15, 0.2) is 39.8 Å². The summed E-state index contributed by atoms with van der Waals surface area (Å²) in [5.41, 5.74) is 1.85. The van der Waals surface area contributed by atoms with Gasteiger partial charge in [0, 0.05) is 26.7 Å². The van der Waals surface area contributed by atoms with E-state index in [4.69, 9.17) is 4.52 Å². The SMILES string of the molecule is CCc1cc(CNC(=NC)N(C)Cc2ccc(OC(F)F)cc2)on1. The summed E-state index contributed by atoms with van der Waals surface area (Å²) in [5.74, 6) is 1.56. The van der Waals surface area contributed by atoms with E-state index in [2.05, 4.69) is 20.2 Å². The predicted molar refractivity (Wildman–Crippen MR) is 90.6 cm³/mol.